The van der Waals surface area contributed by atoms with Gasteiger partial charge in [0.1, 0.15) is 5.00 Å². The average Bonchev–Trinajstić information content (AvgIpc) is 3.24. The van der Waals surface area contributed by atoms with Crippen molar-refractivity contribution >= 4 is 39.8 Å². The Balaban J connectivity index is 2.00. The number of aromatic nitrogens is 3. The molecule has 29 heavy (non-hydrogen) atoms. The van der Waals surface area contributed by atoms with Gasteiger partial charge in [-0.2, -0.15) is 0 Å². The molecule has 0 aliphatic heterocycles. The van der Waals surface area contributed by atoms with E-state index in [9.17, 15) is 9.59 Å². The van der Waals surface area contributed by atoms with Crippen molar-refractivity contribution in [2.45, 2.75) is 33.6 Å². The third-order valence-electron chi connectivity index (χ3n) is 4.54. The quantitative estimate of drug-likeness (QED) is 0.587. The maximum atomic E-state index is 13.0. The first-order chi connectivity index (χ1) is 13.7. The number of hydrogen-bond acceptors (Lipinski definition) is 6. The molecule has 0 saturated heterocycles. The first-order valence-corrected chi connectivity index (χ1v) is 10.1. The van der Waals surface area contributed by atoms with Gasteiger partial charge in [-0.1, -0.05) is 30.7 Å². The summed E-state index contributed by atoms with van der Waals surface area (Å²) >= 11 is 7.29. The van der Waals surface area contributed by atoms with E-state index in [2.05, 4.69) is 15.6 Å². The molecule has 1 N–H and O–H groups in total. The zero-order chi connectivity index (χ0) is 21.3. The summed E-state index contributed by atoms with van der Waals surface area (Å²) in [6.07, 6.45) is 0. The molecule has 0 atom stereocenters. The standard InChI is InChI=1S/C20H21ClN4O3S/c1-10(2)17-16(23-24-25(17)14-8-6-13(21)7-9-14)18(26)22-19-15(20(27)28-5)11(3)12(4)29-19/h6-10H,1-5H3,(H,22,26). The number of carbonyl (C=O) groups excluding carboxylic acids is 2. The van der Waals surface area contributed by atoms with Crippen molar-refractivity contribution < 1.29 is 14.3 Å². The largest absolute Gasteiger partial charge is 0.465 e. The van der Waals surface area contributed by atoms with E-state index in [0.717, 1.165) is 16.1 Å². The number of nitrogens with zero attached hydrogens (tertiary/aromatic N) is 3. The van der Waals surface area contributed by atoms with Crippen molar-refractivity contribution in [1.82, 2.24) is 15.0 Å². The number of thiophene rings is 1. The van der Waals surface area contributed by atoms with Crippen LogP contribution in [0.5, 0.6) is 0 Å². The van der Waals surface area contributed by atoms with Gasteiger partial charge in [0.05, 0.1) is 24.1 Å². The highest BCUT2D eigenvalue weighted by Crippen LogP contribution is 2.33. The van der Waals surface area contributed by atoms with E-state index < -0.39 is 11.9 Å². The van der Waals surface area contributed by atoms with Crippen LogP contribution in [0.3, 0.4) is 0 Å². The SMILES string of the molecule is COC(=O)c1c(NC(=O)c2nnn(-c3ccc(Cl)cc3)c2C(C)C)sc(C)c1C. The molecule has 2 aromatic heterocycles. The van der Waals surface area contributed by atoms with Gasteiger partial charge in [-0.15, -0.1) is 16.4 Å². The minimum Gasteiger partial charge on any atom is -0.465 e. The molecule has 0 aliphatic carbocycles. The fraction of sp³-hybridized carbons (Fsp3) is 0.300. The number of anilines is 1. The van der Waals surface area contributed by atoms with E-state index in [1.54, 1.807) is 16.8 Å². The van der Waals surface area contributed by atoms with Gasteiger partial charge in [0.25, 0.3) is 5.91 Å². The lowest BCUT2D eigenvalue weighted by Crippen LogP contribution is -2.17. The molecule has 0 spiro atoms. The van der Waals surface area contributed by atoms with Gasteiger partial charge in [-0.3, -0.25) is 4.79 Å². The molecule has 9 heteroatoms. The summed E-state index contributed by atoms with van der Waals surface area (Å²) in [7, 11) is 1.31. The number of methoxy groups -OCH3 is 1. The number of carbonyl (C=O) groups is 2. The number of nitrogens with one attached hydrogen (secondary N) is 1. The van der Waals surface area contributed by atoms with Gasteiger partial charge in [-0.25, -0.2) is 9.48 Å². The second-order valence-electron chi connectivity index (χ2n) is 6.80. The molecule has 0 aliphatic rings. The van der Waals surface area contributed by atoms with Crippen molar-refractivity contribution in [3.8, 4) is 5.69 Å². The maximum absolute atomic E-state index is 13.0. The first-order valence-electron chi connectivity index (χ1n) is 8.95. The second-order valence-corrected chi connectivity index (χ2v) is 8.46. The lowest BCUT2D eigenvalue weighted by atomic mass is 10.1. The summed E-state index contributed by atoms with van der Waals surface area (Å²) < 4.78 is 6.49. The minimum absolute atomic E-state index is 0.0201. The number of ether oxygens (including phenoxy) is 1. The first kappa shape index (κ1) is 21.0. The van der Waals surface area contributed by atoms with Gasteiger partial charge in [0, 0.05) is 9.90 Å². The Morgan fingerprint density at radius 1 is 1.21 bits per heavy atom. The van der Waals surface area contributed by atoms with Crippen LogP contribution in [0.25, 0.3) is 5.69 Å². The minimum atomic E-state index is -0.490. The predicted molar refractivity (Wildman–Crippen MR) is 114 cm³/mol. The summed E-state index contributed by atoms with van der Waals surface area (Å²) in [6.45, 7) is 7.63. The second kappa shape index (κ2) is 8.34. The monoisotopic (exact) mass is 432 g/mol. The summed E-state index contributed by atoms with van der Waals surface area (Å²) in [5.41, 5.74) is 2.76. The number of hydrogen-bond donors (Lipinski definition) is 1. The Labute approximate surface area is 177 Å². The maximum Gasteiger partial charge on any atom is 0.341 e. The van der Waals surface area contributed by atoms with Gasteiger partial charge in [0.2, 0.25) is 0 Å². The van der Waals surface area contributed by atoms with Crippen LogP contribution in [0, 0.1) is 13.8 Å². The smallest absolute Gasteiger partial charge is 0.341 e. The van der Waals surface area contributed by atoms with Crippen molar-refractivity contribution in [2.75, 3.05) is 12.4 Å². The van der Waals surface area contributed by atoms with Crippen LogP contribution < -0.4 is 5.32 Å². The fourth-order valence-corrected chi connectivity index (χ4v) is 4.14. The van der Waals surface area contributed by atoms with E-state index in [4.69, 9.17) is 16.3 Å². The Morgan fingerprint density at radius 2 is 1.86 bits per heavy atom. The molecule has 1 aromatic carbocycles. The zero-order valence-corrected chi connectivity index (χ0v) is 18.3. The Bertz CT molecular complexity index is 1070. The topological polar surface area (TPSA) is 86.1 Å². The Kier molecular flexibility index (Phi) is 6.04. The molecule has 3 rings (SSSR count). The highest BCUT2D eigenvalue weighted by atomic mass is 35.5. The van der Waals surface area contributed by atoms with E-state index in [1.165, 1.54) is 18.4 Å². The molecule has 2 heterocycles. The van der Waals surface area contributed by atoms with Crippen LogP contribution in [0.15, 0.2) is 24.3 Å². The molecular weight excluding hydrogens is 412 g/mol. The van der Waals surface area contributed by atoms with Crippen LogP contribution in [0.1, 0.15) is 56.7 Å². The molecule has 7 nitrogen and oxygen atoms in total. The Hall–Kier alpha value is -2.71. The number of halogens is 1. The van der Waals surface area contributed by atoms with Crippen molar-refractivity contribution in [3.63, 3.8) is 0 Å². The predicted octanol–water partition coefficient (Wildman–Crippen LogP) is 4.76. The summed E-state index contributed by atoms with van der Waals surface area (Å²) in [4.78, 5) is 26.1. The van der Waals surface area contributed by atoms with Crippen LogP contribution in [0.2, 0.25) is 5.02 Å². The number of benzene rings is 1. The van der Waals surface area contributed by atoms with Gasteiger partial charge in [0.15, 0.2) is 5.69 Å². The van der Waals surface area contributed by atoms with Crippen LogP contribution in [-0.2, 0) is 4.74 Å². The number of amides is 1. The molecular formula is C20H21ClN4O3S. The lowest BCUT2D eigenvalue weighted by molar-refractivity contribution is 0.0601. The summed E-state index contributed by atoms with van der Waals surface area (Å²) in [5.74, 6) is -0.940. The van der Waals surface area contributed by atoms with Crippen LogP contribution in [-0.4, -0.2) is 34.0 Å². The van der Waals surface area contributed by atoms with E-state index in [1.807, 2.05) is 39.8 Å². The number of aryl methyl sites for hydroxylation is 1. The summed E-state index contributed by atoms with van der Waals surface area (Å²) in [5, 5.41) is 12.1. The third kappa shape index (κ3) is 4.04. The van der Waals surface area contributed by atoms with Crippen molar-refractivity contribution in [1.29, 1.82) is 0 Å². The highest BCUT2D eigenvalue weighted by molar-refractivity contribution is 7.16. The molecule has 0 bridgehead atoms. The van der Waals surface area contributed by atoms with Crippen molar-refractivity contribution in [2.24, 2.45) is 0 Å². The lowest BCUT2D eigenvalue weighted by Gasteiger charge is -2.11. The highest BCUT2D eigenvalue weighted by Gasteiger charge is 2.26. The number of esters is 1. The van der Waals surface area contributed by atoms with Crippen molar-refractivity contribution in [3.05, 3.63) is 56.7 Å². The Morgan fingerprint density at radius 3 is 2.45 bits per heavy atom. The van der Waals surface area contributed by atoms with Gasteiger partial charge >= 0.3 is 5.97 Å². The molecule has 3 aromatic rings. The van der Waals surface area contributed by atoms with Crippen LogP contribution >= 0.6 is 22.9 Å². The van der Waals surface area contributed by atoms with Gasteiger partial charge < -0.3 is 10.1 Å². The molecule has 0 radical (unpaired) electrons. The molecule has 1 amide bonds. The normalized spacial score (nSPS) is 11.0. The molecule has 0 saturated carbocycles. The third-order valence-corrected chi connectivity index (χ3v) is 5.91. The molecule has 0 fully saturated rings. The van der Waals surface area contributed by atoms with Gasteiger partial charge in [-0.05, 0) is 49.6 Å². The fourth-order valence-electron chi connectivity index (χ4n) is 2.97. The molecule has 0 unspecified atom stereocenters. The summed E-state index contributed by atoms with van der Waals surface area (Å²) in [6, 6.07) is 7.13. The number of rotatable bonds is 5. The van der Waals surface area contributed by atoms with E-state index in [-0.39, 0.29) is 11.6 Å². The van der Waals surface area contributed by atoms with Crippen LogP contribution in [0.4, 0.5) is 5.00 Å². The zero-order valence-electron chi connectivity index (χ0n) is 16.7. The molecule has 152 valence electrons. The van der Waals surface area contributed by atoms with E-state index in [0.29, 0.717) is 21.3 Å². The average molecular weight is 433 g/mol. The van der Waals surface area contributed by atoms with E-state index >= 15 is 0 Å².